The fourth-order valence-electron chi connectivity index (χ4n) is 3.46. The topological polar surface area (TPSA) is 78.5 Å². The monoisotopic (exact) mass is 419 g/mol. The van der Waals surface area contributed by atoms with Crippen molar-refractivity contribution in [2.24, 2.45) is 0 Å². The van der Waals surface area contributed by atoms with E-state index in [-0.39, 0.29) is 43.1 Å². The summed E-state index contributed by atoms with van der Waals surface area (Å²) in [7, 11) is 0. The summed E-state index contributed by atoms with van der Waals surface area (Å²) < 4.78 is 0. The van der Waals surface area contributed by atoms with Crippen molar-refractivity contribution in [1.82, 2.24) is 5.32 Å². The number of hydrogen-bond acceptors (Lipinski definition) is 4. The number of para-hydroxylation sites is 2. The molecule has 0 saturated heterocycles. The third-order valence-electron chi connectivity index (χ3n) is 4.90. The molecule has 6 nitrogen and oxygen atoms in total. The molecule has 0 radical (unpaired) electrons. The van der Waals surface area contributed by atoms with Gasteiger partial charge in [-0.2, -0.15) is 0 Å². The summed E-state index contributed by atoms with van der Waals surface area (Å²) in [5, 5.41) is 7.77. The zero-order valence-electron chi connectivity index (χ0n) is 16.2. The molecule has 152 valence electrons. The van der Waals surface area contributed by atoms with Crippen LogP contribution in [0.3, 0.4) is 0 Å². The van der Waals surface area contributed by atoms with Crippen LogP contribution in [-0.4, -0.2) is 24.3 Å². The van der Waals surface area contributed by atoms with E-state index >= 15 is 0 Å². The van der Waals surface area contributed by atoms with Gasteiger partial charge >= 0.3 is 0 Å². The molecule has 1 aliphatic heterocycles. The number of anilines is 2. The molecular weight excluding hydrogens is 398 g/mol. The Hall–Kier alpha value is -3.45. The Kier molecular flexibility index (Phi) is 5.90. The molecule has 3 aromatic rings. The minimum absolute atomic E-state index is 0.0272. The van der Waals surface area contributed by atoms with Crippen molar-refractivity contribution in [1.29, 1.82) is 0 Å². The smallest absolute Gasteiger partial charge is 0.244 e. The molecule has 7 heteroatoms. The van der Waals surface area contributed by atoms with Crippen LogP contribution in [0.15, 0.2) is 72.1 Å². The van der Waals surface area contributed by atoms with Crippen LogP contribution < -0.4 is 15.5 Å². The number of hydrogen-bond donors (Lipinski definition) is 2. The summed E-state index contributed by atoms with van der Waals surface area (Å²) in [6, 6.07) is 20.6. The molecule has 0 unspecified atom stereocenters. The lowest BCUT2D eigenvalue weighted by atomic mass is 10.0. The molecule has 4 rings (SSSR count). The summed E-state index contributed by atoms with van der Waals surface area (Å²) >= 11 is 1.57. The van der Waals surface area contributed by atoms with Gasteiger partial charge in [0.25, 0.3) is 0 Å². The Balaban J connectivity index is 1.42. The van der Waals surface area contributed by atoms with Crippen LogP contribution in [0.4, 0.5) is 11.4 Å². The number of nitrogens with one attached hydrogen (secondary N) is 2. The van der Waals surface area contributed by atoms with Gasteiger partial charge in [-0.3, -0.25) is 14.4 Å². The lowest BCUT2D eigenvalue weighted by Gasteiger charge is -2.29. The van der Waals surface area contributed by atoms with Crippen molar-refractivity contribution in [2.75, 3.05) is 16.8 Å². The number of nitrogens with zero attached hydrogens (tertiary/aromatic N) is 1. The van der Waals surface area contributed by atoms with Crippen LogP contribution in [0.1, 0.15) is 29.3 Å². The first kappa shape index (κ1) is 19.8. The Morgan fingerprint density at radius 2 is 1.77 bits per heavy atom. The van der Waals surface area contributed by atoms with Gasteiger partial charge in [-0.25, -0.2) is 0 Å². The highest BCUT2D eigenvalue weighted by atomic mass is 32.1. The molecule has 0 spiro atoms. The quantitative estimate of drug-likeness (QED) is 0.639. The molecule has 0 bridgehead atoms. The SMILES string of the molecule is O=C1CN(C(=O)CCC(=O)N[C@@H](c2ccccc2)c2cccs2)c2ccccc2N1. The highest BCUT2D eigenvalue weighted by Gasteiger charge is 2.27. The van der Waals surface area contributed by atoms with Crippen LogP contribution in [0.5, 0.6) is 0 Å². The molecule has 2 heterocycles. The highest BCUT2D eigenvalue weighted by molar-refractivity contribution is 7.10. The van der Waals surface area contributed by atoms with Crippen LogP contribution >= 0.6 is 11.3 Å². The van der Waals surface area contributed by atoms with Gasteiger partial charge in [-0.1, -0.05) is 48.5 Å². The average molecular weight is 420 g/mol. The number of amides is 3. The summed E-state index contributed by atoms with van der Waals surface area (Å²) in [5.74, 6) is -0.700. The lowest BCUT2D eigenvalue weighted by Crippen LogP contribution is -2.42. The van der Waals surface area contributed by atoms with E-state index in [0.717, 1.165) is 10.4 Å². The third-order valence-corrected chi connectivity index (χ3v) is 5.84. The maximum atomic E-state index is 12.8. The van der Waals surface area contributed by atoms with E-state index in [4.69, 9.17) is 0 Å². The largest absolute Gasteiger partial charge is 0.344 e. The second kappa shape index (κ2) is 8.92. The zero-order valence-corrected chi connectivity index (χ0v) is 17.0. The van der Waals surface area contributed by atoms with Gasteiger partial charge in [0, 0.05) is 17.7 Å². The van der Waals surface area contributed by atoms with E-state index in [9.17, 15) is 14.4 Å². The van der Waals surface area contributed by atoms with E-state index in [0.29, 0.717) is 11.4 Å². The third kappa shape index (κ3) is 4.41. The molecular formula is C23H21N3O3S. The predicted molar refractivity (Wildman–Crippen MR) is 117 cm³/mol. The van der Waals surface area contributed by atoms with Crippen molar-refractivity contribution in [3.8, 4) is 0 Å². The molecule has 30 heavy (non-hydrogen) atoms. The first-order chi connectivity index (χ1) is 14.6. The Morgan fingerprint density at radius 3 is 2.53 bits per heavy atom. The van der Waals surface area contributed by atoms with Crippen LogP contribution in [0, 0.1) is 0 Å². The first-order valence-electron chi connectivity index (χ1n) is 9.69. The van der Waals surface area contributed by atoms with Gasteiger partial charge in [0.1, 0.15) is 6.54 Å². The normalized spacial score (nSPS) is 13.9. The fourth-order valence-corrected chi connectivity index (χ4v) is 4.27. The van der Waals surface area contributed by atoms with Gasteiger partial charge in [0.2, 0.25) is 17.7 Å². The average Bonchev–Trinajstić information content (AvgIpc) is 3.30. The maximum absolute atomic E-state index is 12.8. The molecule has 1 aliphatic rings. The number of rotatable bonds is 6. The predicted octanol–water partition coefficient (Wildman–Crippen LogP) is 3.72. The van der Waals surface area contributed by atoms with Crippen molar-refractivity contribution in [3.05, 3.63) is 82.6 Å². The molecule has 3 amide bonds. The molecule has 1 aromatic heterocycles. The second-order valence-electron chi connectivity index (χ2n) is 6.97. The van der Waals surface area contributed by atoms with Crippen molar-refractivity contribution in [2.45, 2.75) is 18.9 Å². The number of benzene rings is 2. The van der Waals surface area contributed by atoms with Gasteiger partial charge in [0.15, 0.2) is 0 Å². The number of thiophene rings is 1. The Labute approximate surface area is 178 Å². The molecule has 0 aliphatic carbocycles. The van der Waals surface area contributed by atoms with Crippen LogP contribution in [0.2, 0.25) is 0 Å². The first-order valence-corrected chi connectivity index (χ1v) is 10.6. The number of carbonyl (C=O) groups is 3. The van der Waals surface area contributed by atoms with Gasteiger partial charge in [-0.15, -0.1) is 11.3 Å². The van der Waals surface area contributed by atoms with Crippen LogP contribution in [-0.2, 0) is 14.4 Å². The molecule has 1 atom stereocenters. The summed E-state index contributed by atoms with van der Waals surface area (Å²) in [6.45, 7) is -0.0424. The standard InChI is InChI=1S/C23H21N3O3S/c27-20(25-23(19-11-6-14-30-19)16-7-2-1-3-8-16)12-13-22(29)26-15-21(28)24-17-9-4-5-10-18(17)26/h1-11,14,23H,12-13,15H2,(H,24,28)(H,25,27)/t23-/m0/s1. The summed E-state index contributed by atoms with van der Waals surface area (Å²) in [5.41, 5.74) is 2.25. The van der Waals surface area contributed by atoms with E-state index < -0.39 is 0 Å². The lowest BCUT2D eigenvalue weighted by molar-refractivity contribution is -0.126. The number of carbonyl (C=O) groups excluding carboxylic acids is 3. The van der Waals surface area contributed by atoms with Gasteiger partial charge < -0.3 is 15.5 Å². The summed E-state index contributed by atoms with van der Waals surface area (Å²) in [4.78, 5) is 39.8. The van der Waals surface area contributed by atoms with Crippen LogP contribution in [0.25, 0.3) is 0 Å². The minimum Gasteiger partial charge on any atom is -0.344 e. The fraction of sp³-hybridized carbons (Fsp3) is 0.174. The van der Waals surface area contributed by atoms with Crippen molar-refractivity contribution in [3.63, 3.8) is 0 Å². The van der Waals surface area contributed by atoms with E-state index in [1.54, 1.807) is 29.5 Å². The Morgan fingerprint density at radius 1 is 1.00 bits per heavy atom. The van der Waals surface area contributed by atoms with E-state index in [1.807, 2.05) is 53.9 Å². The van der Waals surface area contributed by atoms with Gasteiger partial charge in [-0.05, 0) is 29.1 Å². The maximum Gasteiger partial charge on any atom is 0.244 e. The second-order valence-corrected chi connectivity index (χ2v) is 7.95. The van der Waals surface area contributed by atoms with E-state index in [1.165, 1.54) is 4.90 Å². The Bertz CT molecular complexity index is 1050. The zero-order chi connectivity index (χ0) is 20.9. The molecule has 0 fully saturated rings. The minimum atomic E-state index is -0.254. The molecule has 0 saturated carbocycles. The van der Waals surface area contributed by atoms with Gasteiger partial charge in [0.05, 0.1) is 17.4 Å². The number of fused-ring (bicyclic) bond motifs is 1. The highest BCUT2D eigenvalue weighted by Crippen LogP contribution is 2.30. The van der Waals surface area contributed by atoms with Crippen molar-refractivity contribution < 1.29 is 14.4 Å². The summed E-state index contributed by atoms with van der Waals surface area (Å²) in [6.07, 6.45) is 0.0766. The van der Waals surface area contributed by atoms with Crippen molar-refractivity contribution >= 4 is 40.4 Å². The molecule has 2 N–H and O–H groups in total. The molecule has 2 aromatic carbocycles. The van der Waals surface area contributed by atoms with E-state index in [2.05, 4.69) is 10.6 Å².